The van der Waals surface area contributed by atoms with Crippen LogP contribution in [0.15, 0.2) is 94.4 Å². The Morgan fingerprint density at radius 3 is 2.05 bits per heavy atom. The molecule has 1 aliphatic carbocycles. The van der Waals surface area contributed by atoms with E-state index in [0.29, 0.717) is 0 Å². The van der Waals surface area contributed by atoms with Gasteiger partial charge in [-0.05, 0) is 72.3 Å². The quantitative estimate of drug-likeness (QED) is 0.128. The Hall–Kier alpha value is -3.65. The minimum atomic E-state index is 0.207. The van der Waals surface area contributed by atoms with Gasteiger partial charge in [0, 0.05) is 44.1 Å². The predicted octanol–water partition coefficient (Wildman–Crippen LogP) is 10.4. The number of pyridine rings is 1. The van der Waals surface area contributed by atoms with Crippen LogP contribution >= 0.6 is 34.4 Å². The zero-order valence-electron chi connectivity index (χ0n) is 23.9. The third-order valence-corrected chi connectivity index (χ3v) is 9.98. The number of thiophene rings is 2. The summed E-state index contributed by atoms with van der Waals surface area (Å²) in [6, 6.07) is 27.0. The molecule has 0 radical (unpaired) electrons. The Morgan fingerprint density at radius 2 is 1.40 bits per heavy atom. The topological polar surface area (TPSA) is 47.8 Å². The lowest BCUT2D eigenvalue weighted by atomic mass is 9.87. The molecule has 212 valence electrons. The number of unbranched alkanes of at least 4 members (excludes halogenated alkanes) is 3. The summed E-state index contributed by atoms with van der Waals surface area (Å²) in [5.74, 6) is 0. The predicted molar refractivity (Wildman–Crippen MR) is 182 cm³/mol. The summed E-state index contributed by atoms with van der Waals surface area (Å²) in [6.45, 7) is 5.23. The van der Waals surface area contributed by atoms with Crippen LogP contribution in [0.4, 0.5) is 0 Å². The van der Waals surface area contributed by atoms with E-state index in [9.17, 15) is 4.79 Å². The number of hydrogen-bond acceptors (Lipinski definition) is 6. The lowest BCUT2D eigenvalue weighted by molar-refractivity contribution is 0.666. The second kappa shape index (κ2) is 13.1. The maximum atomic E-state index is 14.1. The van der Waals surface area contributed by atoms with Crippen LogP contribution in [0.5, 0.6) is 0 Å². The molecule has 7 rings (SSSR count). The number of fused-ring (bicyclic) bond motifs is 3. The monoisotopic (exact) mass is 607 g/mol. The minimum absolute atomic E-state index is 0.207. The van der Waals surface area contributed by atoms with Crippen LogP contribution in [0.2, 0.25) is 0 Å². The van der Waals surface area contributed by atoms with E-state index in [0.717, 1.165) is 58.2 Å². The van der Waals surface area contributed by atoms with E-state index < -0.39 is 0 Å². The third-order valence-electron chi connectivity index (χ3n) is 7.65. The number of aryl methyl sites for hydroxylation is 1. The highest BCUT2D eigenvalue weighted by atomic mass is 32.1. The average molecular weight is 608 g/mol. The van der Waals surface area contributed by atoms with Gasteiger partial charge in [-0.2, -0.15) is 8.75 Å². The van der Waals surface area contributed by atoms with E-state index >= 15 is 0 Å². The van der Waals surface area contributed by atoms with Gasteiger partial charge in [-0.3, -0.25) is 4.79 Å². The smallest absolute Gasteiger partial charge is 0.191 e. The molecule has 0 unspecified atom stereocenters. The van der Waals surface area contributed by atoms with Crippen molar-refractivity contribution in [3.8, 4) is 32.1 Å². The van der Waals surface area contributed by atoms with Crippen LogP contribution in [0, 0.1) is 0 Å². The van der Waals surface area contributed by atoms with E-state index in [1.807, 2.05) is 24.3 Å². The molecular weight excluding hydrogens is 575 g/mol. The first-order valence-electron chi connectivity index (χ1n) is 14.6. The van der Waals surface area contributed by atoms with Crippen LogP contribution in [0.3, 0.4) is 0 Å². The molecule has 5 aromatic rings. The molecule has 0 bridgehead atoms. The molecule has 0 atom stereocenters. The van der Waals surface area contributed by atoms with Crippen molar-refractivity contribution in [1.29, 1.82) is 0 Å². The number of benzene rings is 3. The maximum Gasteiger partial charge on any atom is 0.191 e. The Kier molecular flexibility index (Phi) is 8.89. The van der Waals surface area contributed by atoms with E-state index in [1.165, 1.54) is 51.8 Å². The summed E-state index contributed by atoms with van der Waals surface area (Å²) < 4.78 is 10.4. The molecule has 0 spiro atoms. The molecular formula is C35H33N3OS3. The Bertz CT molecular complexity index is 1900. The van der Waals surface area contributed by atoms with Crippen molar-refractivity contribution in [2.75, 3.05) is 0 Å². The van der Waals surface area contributed by atoms with Gasteiger partial charge in [-0.15, -0.1) is 22.7 Å². The zero-order chi connectivity index (χ0) is 28.9. The van der Waals surface area contributed by atoms with E-state index in [4.69, 9.17) is 0 Å². The molecule has 0 saturated carbocycles. The minimum Gasteiger partial charge on any atom is -0.340 e. The van der Waals surface area contributed by atoms with Gasteiger partial charge < -0.3 is 4.57 Å². The zero-order valence-corrected chi connectivity index (χ0v) is 26.3. The number of para-hydroxylation sites is 1. The normalized spacial score (nSPS) is 11.3. The van der Waals surface area contributed by atoms with Crippen molar-refractivity contribution in [2.24, 2.45) is 0 Å². The molecule has 2 aromatic carbocycles. The molecule has 0 amide bonds. The molecule has 4 heterocycles. The molecule has 0 N–H and O–H groups in total. The van der Waals surface area contributed by atoms with Crippen molar-refractivity contribution >= 4 is 56.3 Å². The summed E-state index contributed by atoms with van der Waals surface area (Å²) in [6.07, 6.45) is 5.47. The first kappa shape index (κ1) is 28.5. The van der Waals surface area contributed by atoms with Gasteiger partial charge in [0.25, 0.3) is 0 Å². The fraction of sp³-hybridized carbons (Fsp3) is 0.229. The van der Waals surface area contributed by atoms with Gasteiger partial charge in [0.15, 0.2) is 5.43 Å². The van der Waals surface area contributed by atoms with Crippen molar-refractivity contribution in [1.82, 2.24) is 13.3 Å². The average Bonchev–Trinajstić information content (AvgIpc) is 3.83. The Morgan fingerprint density at radius 1 is 0.738 bits per heavy atom. The van der Waals surface area contributed by atoms with Crippen molar-refractivity contribution < 1.29 is 0 Å². The highest BCUT2D eigenvalue weighted by Crippen LogP contribution is 2.46. The fourth-order valence-electron chi connectivity index (χ4n) is 5.71. The van der Waals surface area contributed by atoms with Gasteiger partial charge >= 0.3 is 0 Å². The molecule has 42 heavy (non-hydrogen) atoms. The number of nitrogens with zero attached hydrogens (tertiary/aromatic N) is 3. The maximum absolute atomic E-state index is 14.1. The SMILES string of the molecule is CCCCCCc1c(-c2cccs2)c(-c2cccs2)c2n(CC)c3ccccc3cc-2c1=O.c1ccc2nsnc2c1. The molecule has 1 aliphatic heterocycles. The van der Waals surface area contributed by atoms with Crippen LogP contribution in [-0.4, -0.2) is 13.3 Å². The molecule has 4 nitrogen and oxygen atoms in total. The van der Waals surface area contributed by atoms with Crippen LogP contribution in [0.25, 0.3) is 54.1 Å². The third kappa shape index (κ3) is 5.56. The second-order valence-electron chi connectivity index (χ2n) is 10.3. The largest absolute Gasteiger partial charge is 0.340 e. The van der Waals surface area contributed by atoms with Crippen LogP contribution < -0.4 is 5.43 Å². The summed E-state index contributed by atoms with van der Waals surface area (Å²) in [4.78, 5) is 16.6. The van der Waals surface area contributed by atoms with E-state index in [-0.39, 0.29) is 5.43 Å². The summed E-state index contributed by atoms with van der Waals surface area (Å²) in [5.41, 5.74) is 8.65. The number of aromatic nitrogens is 3. The first-order chi connectivity index (χ1) is 20.7. The van der Waals surface area contributed by atoms with Crippen molar-refractivity contribution in [3.05, 3.63) is 105 Å². The van der Waals surface area contributed by atoms with Gasteiger partial charge in [0.2, 0.25) is 0 Å². The van der Waals surface area contributed by atoms with Crippen molar-refractivity contribution in [2.45, 2.75) is 52.5 Å². The van der Waals surface area contributed by atoms with Gasteiger partial charge in [-0.25, -0.2) is 0 Å². The van der Waals surface area contributed by atoms with Gasteiger partial charge in [0.1, 0.15) is 11.0 Å². The molecule has 0 saturated heterocycles. The highest BCUT2D eigenvalue weighted by Gasteiger charge is 2.27. The van der Waals surface area contributed by atoms with Crippen molar-refractivity contribution in [3.63, 3.8) is 0 Å². The Labute approximate surface area is 258 Å². The fourth-order valence-corrected chi connectivity index (χ4v) is 7.82. The second-order valence-corrected chi connectivity index (χ2v) is 12.7. The van der Waals surface area contributed by atoms with Crippen LogP contribution in [-0.2, 0) is 13.0 Å². The Balaban J connectivity index is 0.000000296. The number of rotatable bonds is 8. The molecule has 3 aromatic heterocycles. The lowest BCUT2D eigenvalue weighted by Gasteiger charge is -2.25. The lowest BCUT2D eigenvalue weighted by Crippen LogP contribution is -2.20. The first-order valence-corrected chi connectivity index (χ1v) is 17.1. The summed E-state index contributed by atoms with van der Waals surface area (Å²) >= 11 is 4.75. The van der Waals surface area contributed by atoms with E-state index in [1.54, 1.807) is 22.7 Å². The van der Waals surface area contributed by atoms with Crippen LogP contribution in [0.1, 0.15) is 45.1 Å². The van der Waals surface area contributed by atoms with Gasteiger partial charge in [0.05, 0.1) is 17.4 Å². The molecule has 0 fully saturated rings. The molecule has 2 aliphatic rings. The van der Waals surface area contributed by atoms with E-state index in [2.05, 4.69) is 92.5 Å². The highest BCUT2D eigenvalue weighted by molar-refractivity contribution is 7.14. The number of hydrogen-bond donors (Lipinski definition) is 0. The summed E-state index contributed by atoms with van der Waals surface area (Å²) in [7, 11) is 0. The standard InChI is InChI=1S/C29H29NOS2.C6H4N2S/c1-3-5-6-7-13-21-26(24-15-10-17-32-24)27(25-16-11-18-33-25)28-22(29(21)31)19-20-12-8-9-14-23(20)30(28)4-2;1-2-4-6-5(3-1)7-9-8-6/h8-12,14-19H,3-7,13H2,1-2H3;1-4H. The summed E-state index contributed by atoms with van der Waals surface area (Å²) in [5, 5.41) is 5.39. The molecule has 7 heteroatoms. The van der Waals surface area contributed by atoms with Gasteiger partial charge in [-0.1, -0.05) is 68.7 Å².